The second-order valence-corrected chi connectivity index (χ2v) is 9.58. The Morgan fingerprint density at radius 3 is 2.78 bits per heavy atom. The van der Waals surface area contributed by atoms with Gasteiger partial charge >= 0.3 is 0 Å². The second kappa shape index (κ2) is 8.53. The number of imidazole rings is 1. The number of carbonyl (C=O) groups excluding carboxylic acids is 1. The van der Waals surface area contributed by atoms with Gasteiger partial charge in [-0.15, -0.1) is 0 Å². The van der Waals surface area contributed by atoms with E-state index in [1.165, 1.54) is 0 Å². The van der Waals surface area contributed by atoms with Crippen molar-refractivity contribution in [1.29, 1.82) is 0 Å². The van der Waals surface area contributed by atoms with Crippen molar-refractivity contribution in [1.82, 2.24) is 29.8 Å². The first-order valence-corrected chi connectivity index (χ1v) is 12.0. The third-order valence-corrected chi connectivity index (χ3v) is 7.33. The van der Waals surface area contributed by atoms with Crippen molar-refractivity contribution in [2.24, 2.45) is 11.3 Å². The van der Waals surface area contributed by atoms with Gasteiger partial charge in [0.05, 0.1) is 23.9 Å². The maximum atomic E-state index is 12.7. The van der Waals surface area contributed by atoms with Crippen LogP contribution >= 0.6 is 0 Å². The van der Waals surface area contributed by atoms with Crippen molar-refractivity contribution in [3.63, 3.8) is 0 Å². The molecule has 1 unspecified atom stereocenters. The summed E-state index contributed by atoms with van der Waals surface area (Å²) >= 11 is 0. The molecule has 9 nitrogen and oxygen atoms in total. The van der Waals surface area contributed by atoms with Gasteiger partial charge in [0, 0.05) is 37.5 Å². The highest BCUT2D eigenvalue weighted by Crippen LogP contribution is 2.57. The number of aliphatic hydroxyl groups is 1. The first-order valence-electron chi connectivity index (χ1n) is 12.0. The summed E-state index contributed by atoms with van der Waals surface area (Å²) in [5, 5.41) is 17.3. The van der Waals surface area contributed by atoms with Crippen LogP contribution in [0.5, 0.6) is 0 Å². The van der Waals surface area contributed by atoms with Gasteiger partial charge < -0.3 is 20.3 Å². The summed E-state index contributed by atoms with van der Waals surface area (Å²) in [7, 11) is 1.63. The molecule has 36 heavy (non-hydrogen) atoms. The average Bonchev–Trinajstić information content (AvgIpc) is 3.39. The number of pyridine rings is 1. The van der Waals surface area contributed by atoms with E-state index in [0.717, 1.165) is 16.7 Å². The molecule has 1 amide bonds. The summed E-state index contributed by atoms with van der Waals surface area (Å²) < 4.78 is 1.90. The first-order chi connectivity index (χ1) is 17.5. The van der Waals surface area contributed by atoms with Crippen LogP contribution in [0, 0.1) is 18.3 Å². The van der Waals surface area contributed by atoms with E-state index < -0.39 is 11.5 Å². The first kappa shape index (κ1) is 22.4. The maximum absolute atomic E-state index is 12.7. The molecule has 2 aliphatic carbocycles. The van der Waals surface area contributed by atoms with Crippen LogP contribution in [-0.2, 0) is 11.3 Å². The number of anilines is 1. The Kier molecular flexibility index (Phi) is 5.30. The highest BCUT2D eigenvalue weighted by atomic mass is 16.3. The smallest absolute Gasteiger partial charge is 0.230 e. The molecule has 1 fully saturated rings. The van der Waals surface area contributed by atoms with E-state index in [4.69, 9.17) is 9.97 Å². The standard InChI is InChI=1S/C27H27N7O2/c1-16-10-18(14-29-12-16)23-32-24(30-13-17-6-4-3-5-7-17)21-25(33-23)34(15-31-21)22-19-8-9-27(19,11-20(22)35)26(36)28-2/h3-10,12,14-15,19-20,22,35H,11,13H2,1-2H3,(H,28,36)(H,30,32,33)/t19-,20-,22?,27-/m1/s1. The predicted octanol–water partition coefficient (Wildman–Crippen LogP) is 3.03. The third-order valence-electron chi connectivity index (χ3n) is 7.33. The van der Waals surface area contributed by atoms with Crippen LogP contribution < -0.4 is 10.6 Å². The van der Waals surface area contributed by atoms with Gasteiger partial charge in [0.25, 0.3) is 0 Å². The SMILES string of the molecule is CNC(=O)[C@@]12C=C[C@@H]1C(n1cnc3c(NCc4ccccc4)nc(-c4cncc(C)c4)nc31)[C@H](O)C2. The summed E-state index contributed by atoms with van der Waals surface area (Å²) in [6.45, 7) is 2.55. The Morgan fingerprint density at radius 2 is 2.06 bits per heavy atom. The Hall–Kier alpha value is -4.11. The van der Waals surface area contributed by atoms with Gasteiger partial charge in [0.2, 0.25) is 5.91 Å². The maximum Gasteiger partial charge on any atom is 0.230 e. The molecule has 182 valence electrons. The van der Waals surface area contributed by atoms with Gasteiger partial charge in [-0.25, -0.2) is 15.0 Å². The lowest BCUT2D eigenvalue weighted by molar-refractivity contribution is -0.130. The van der Waals surface area contributed by atoms with E-state index in [9.17, 15) is 9.90 Å². The number of aromatic nitrogens is 5. The van der Waals surface area contributed by atoms with Crippen molar-refractivity contribution >= 4 is 22.9 Å². The van der Waals surface area contributed by atoms with Crippen LogP contribution in [0.25, 0.3) is 22.6 Å². The van der Waals surface area contributed by atoms with E-state index >= 15 is 0 Å². The largest absolute Gasteiger partial charge is 0.391 e. The highest BCUT2D eigenvalue weighted by Gasteiger charge is 2.60. The number of allylic oxidation sites excluding steroid dienone is 1. The van der Waals surface area contributed by atoms with E-state index in [1.54, 1.807) is 25.8 Å². The zero-order valence-corrected chi connectivity index (χ0v) is 20.1. The molecular formula is C27H27N7O2. The van der Waals surface area contributed by atoms with Crippen molar-refractivity contribution in [3.05, 3.63) is 78.4 Å². The fraction of sp³-hybridized carbons (Fsp3) is 0.296. The van der Waals surface area contributed by atoms with E-state index in [2.05, 4.69) is 20.6 Å². The van der Waals surface area contributed by atoms with Crippen molar-refractivity contribution in [3.8, 4) is 11.4 Å². The normalized spacial score (nSPS) is 24.4. The molecule has 2 aliphatic rings. The molecule has 6 rings (SSSR count). The van der Waals surface area contributed by atoms with Gasteiger partial charge in [-0.3, -0.25) is 9.78 Å². The second-order valence-electron chi connectivity index (χ2n) is 9.58. The molecule has 3 N–H and O–H groups in total. The van der Waals surface area contributed by atoms with E-state index in [0.29, 0.717) is 35.8 Å². The van der Waals surface area contributed by atoms with E-state index in [1.807, 2.05) is 60.0 Å². The molecule has 0 bridgehead atoms. The Balaban J connectivity index is 1.46. The quantitative estimate of drug-likeness (QED) is 0.362. The van der Waals surface area contributed by atoms with Gasteiger partial charge in [-0.2, -0.15) is 0 Å². The fourth-order valence-corrected chi connectivity index (χ4v) is 5.53. The number of carbonyl (C=O) groups is 1. The molecule has 0 radical (unpaired) electrons. The molecule has 9 heteroatoms. The van der Waals surface area contributed by atoms with Gasteiger partial charge in [-0.05, 0) is 30.5 Å². The number of amides is 1. The lowest BCUT2D eigenvalue weighted by atomic mass is 9.67. The molecule has 0 aliphatic heterocycles. The number of aliphatic hydroxyl groups excluding tert-OH is 1. The molecule has 0 saturated heterocycles. The molecule has 3 heterocycles. The van der Waals surface area contributed by atoms with Crippen LogP contribution in [-0.4, -0.2) is 48.7 Å². The summed E-state index contributed by atoms with van der Waals surface area (Å²) in [5.74, 6) is 0.899. The van der Waals surface area contributed by atoms with Crippen LogP contribution in [0.1, 0.15) is 23.6 Å². The van der Waals surface area contributed by atoms with Gasteiger partial charge in [0.15, 0.2) is 17.3 Å². The van der Waals surface area contributed by atoms with Gasteiger partial charge in [-0.1, -0.05) is 42.5 Å². The number of hydrogen-bond donors (Lipinski definition) is 3. The number of nitrogens with one attached hydrogen (secondary N) is 2. The van der Waals surface area contributed by atoms with Crippen molar-refractivity contribution in [2.75, 3.05) is 12.4 Å². The molecule has 3 aromatic heterocycles. The summed E-state index contributed by atoms with van der Waals surface area (Å²) in [5.41, 5.74) is 3.42. The minimum absolute atomic E-state index is 0.0765. The molecule has 1 aromatic carbocycles. The minimum atomic E-state index is -0.723. The van der Waals surface area contributed by atoms with Crippen LogP contribution in [0.15, 0.2) is 67.3 Å². The topological polar surface area (TPSA) is 118 Å². The monoisotopic (exact) mass is 481 g/mol. The fourth-order valence-electron chi connectivity index (χ4n) is 5.53. The highest BCUT2D eigenvalue weighted by molar-refractivity contribution is 5.88. The number of benzene rings is 1. The Bertz CT molecular complexity index is 1480. The lowest BCUT2D eigenvalue weighted by Gasteiger charge is -2.38. The summed E-state index contributed by atoms with van der Waals surface area (Å²) in [6.07, 6.45) is 8.78. The van der Waals surface area contributed by atoms with Crippen molar-refractivity contribution in [2.45, 2.75) is 32.0 Å². The van der Waals surface area contributed by atoms with Gasteiger partial charge in [0.1, 0.15) is 5.52 Å². The number of nitrogens with zero attached hydrogens (tertiary/aromatic N) is 5. The Morgan fingerprint density at radius 1 is 1.22 bits per heavy atom. The molecule has 1 saturated carbocycles. The minimum Gasteiger partial charge on any atom is -0.391 e. The van der Waals surface area contributed by atoms with E-state index in [-0.39, 0.29) is 17.9 Å². The number of hydrogen-bond acceptors (Lipinski definition) is 7. The zero-order chi connectivity index (χ0) is 24.9. The van der Waals surface area contributed by atoms with Crippen molar-refractivity contribution < 1.29 is 9.90 Å². The number of aryl methyl sites for hydroxylation is 1. The molecule has 4 atom stereocenters. The molecule has 4 aromatic rings. The average molecular weight is 482 g/mol. The van der Waals surface area contributed by atoms with Crippen LogP contribution in [0.4, 0.5) is 5.82 Å². The Labute approximate surface area is 208 Å². The lowest BCUT2D eigenvalue weighted by Crippen LogP contribution is -2.45. The summed E-state index contributed by atoms with van der Waals surface area (Å²) in [4.78, 5) is 31.4. The predicted molar refractivity (Wildman–Crippen MR) is 136 cm³/mol. The number of fused-ring (bicyclic) bond motifs is 2. The zero-order valence-electron chi connectivity index (χ0n) is 20.1. The summed E-state index contributed by atoms with van der Waals surface area (Å²) in [6, 6.07) is 11.7. The third kappa shape index (κ3) is 3.46. The molecule has 0 spiro atoms. The number of rotatable bonds is 6. The van der Waals surface area contributed by atoms with Crippen LogP contribution in [0.3, 0.4) is 0 Å². The van der Waals surface area contributed by atoms with Crippen LogP contribution in [0.2, 0.25) is 0 Å². The molecular weight excluding hydrogens is 454 g/mol.